The first-order valence-electron chi connectivity index (χ1n) is 12.9. The Kier molecular flexibility index (Phi) is 9.66. The molecule has 0 aliphatic carbocycles. The van der Waals surface area contributed by atoms with Gasteiger partial charge in [-0.25, -0.2) is 0 Å². The van der Waals surface area contributed by atoms with Gasteiger partial charge in [0.05, 0.1) is 0 Å². The molecule has 0 spiro atoms. The van der Waals surface area contributed by atoms with Crippen molar-refractivity contribution in [3.05, 3.63) is 64.1 Å². The highest BCUT2D eigenvalue weighted by Crippen LogP contribution is 2.26. The number of piperazine rings is 1. The van der Waals surface area contributed by atoms with Gasteiger partial charge in [0.15, 0.2) is 0 Å². The lowest BCUT2D eigenvalue weighted by atomic mass is 9.94. The number of likely N-dealkylation sites (tertiary alicyclic amines) is 1. The van der Waals surface area contributed by atoms with Crippen molar-refractivity contribution >= 4 is 40.7 Å². The van der Waals surface area contributed by atoms with E-state index in [4.69, 9.17) is 23.2 Å². The third-order valence-corrected chi connectivity index (χ3v) is 7.80. The van der Waals surface area contributed by atoms with E-state index < -0.39 is 0 Å². The van der Waals surface area contributed by atoms with Crippen LogP contribution in [0, 0.1) is 5.92 Å². The van der Waals surface area contributed by atoms with Gasteiger partial charge in [0, 0.05) is 80.9 Å². The minimum absolute atomic E-state index is 0.0593. The van der Waals surface area contributed by atoms with Crippen molar-refractivity contribution in [2.24, 2.45) is 5.92 Å². The third kappa shape index (κ3) is 7.45. The van der Waals surface area contributed by atoms with Crippen LogP contribution in [0.2, 0.25) is 10.0 Å². The van der Waals surface area contributed by atoms with Gasteiger partial charge in [0.1, 0.15) is 0 Å². The van der Waals surface area contributed by atoms with Crippen molar-refractivity contribution in [3.8, 4) is 0 Å². The Morgan fingerprint density at radius 3 is 2.19 bits per heavy atom. The second-order valence-electron chi connectivity index (χ2n) is 9.85. The smallest absolute Gasteiger partial charge is 0.230 e. The number of amides is 2. The summed E-state index contributed by atoms with van der Waals surface area (Å²) in [5.74, 6) is 0.171. The van der Waals surface area contributed by atoms with Crippen LogP contribution < -0.4 is 4.90 Å². The van der Waals surface area contributed by atoms with Crippen LogP contribution in [0.25, 0.3) is 0 Å². The fourth-order valence-electron chi connectivity index (χ4n) is 5.14. The Labute approximate surface area is 224 Å². The van der Waals surface area contributed by atoms with Gasteiger partial charge < -0.3 is 14.7 Å². The third-order valence-electron chi connectivity index (χ3n) is 7.32. The first kappa shape index (κ1) is 26.9. The fraction of sp³-hybridized carbons (Fsp3) is 0.500. The zero-order valence-corrected chi connectivity index (χ0v) is 22.6. The van der Waals surface area contributed by atoms with Crippen molar-refractivity contribution < 1.29 is 9.59 Å². The van der Waals surface area contributed by atoms with Gasteiger partial charge in [-0.2, -0.15) is 0 Å². The maximum atomic E-state index is 13.6. The fourth-order valence-corrected chi connectivity index (χ4v) is 5.45. The van der Waals surface area contributed by atoms with E-state index in [0.717, 1.165) is 56.4 Å². The first-order chi connectivity index (χ1) is 17.4. The minimum Gasteiger partial charge on any atom is -0.343 e. The van der Waals surface area contributed by atoms with Crippen molar-refractivity contribution in [3.63, 3.8) is 0 Å². The summed E-state index contributed by atoms with van der Waals surface area (Å²) >= 11 is 12.3. The summed E-state index contributed by atoms with van der Waals surface area (Å²) in [4.78, 5) is 34.0. The molecular weight excluding hydrogens is 495 g/mol. The van der Waals surface area contributed by atoms with Gasteiger partial charge in [-0.3, -0.25) is 14.5 Å². The van der Waals surface area contributed by atoms with E-state index in [0.29, 0.717) is 37.5 Å². The second-order valence-corrected chi connectivity index (χ2v) is 10.7. The number of hydrogen-bond acceptors (Lipinski definition) is 4. The SMILES string of the molecule is CC(=O)N1CCC(C(=O)N(CCCN2CCN(Cc3ccc(Cl)cc3)CC2)c2cccc(Cl)c2)CC1. The number of rotatable bonds is 8. The average Bonchev–Trinajstić information content (AvgIpc) is 2.88. The van der Waals surface area contributed by atoms with Crippen LogP contribution in [-0.2, 0) is 16.1 Å². The summed E-state index contributed by atoms with van der Waals surface area (Å²) in [6.07, 6.45) is 2.33. The highest BCUT2D eigenvalue weighted by Gasteiger charge is 2.30. The maximum Gasteiger partial charge on any atom is 0.230 e. The Hall–Kier alpha value is -2.12. The summed E-state index contributed by atoms with van der Waals surface area (Å²) in [7, 11) is 0. The molecule has 2 aliphatic rings. The van der Waals surface area contributed by atoms with E-state index in [2.05, 4.69) is 21.9 Å². The van der Waals surface area contributed by atoms with Gasteiger partial charge in [-0.05, 0) is 61.7 Å². The number of carbonyl (C=O) groups excluding carboxylic acids is 2. The monoisotopic (exact) mass is 530 g/mol. The molecule has 0 saturated carbocycles. The Morgan fingerprint density at radius 2 is 1.56 bits per heavy atom. The van der Waals surface area contributed by atoms with E-state index in [1.807, 2.05) is 46.2 Å². The summed E-state index contributed by atoms with van der Waals surface area (Å²) in [6, 6.07) is 15.7. The molecule has 8 heteroatoms. The molecule has 194 valence electrons. The van der Waals surface area contributed by atoms with Crippen LogP contribution >= 0.6 is 23.2 Å². The van der Waals surface area contributed by atoms with Gasteiger partial charge in [-0.15, -0.1) is 0 Å². The molecule has 2 fully saturated rings. The lowest BCUT2D eigenvalue weighted by Crippen LogP contribution is -2.47. The molecule has 2 amide bonds. The quantitative estimate of drug-likeness (QED) is 0.492. The normalized spacial score (nSPS) is 17.8. The van der Waals surface area contributed by atoms with Crippen molar-refractivity contribution in [2.45, 2.75) is 32.7 Å². The van der Waals surface area contributed by atoms with Crippen molar-refractivity contribution in [2.75, 3.05) is 57.3 Å². The van der Waals surface area contributed by atoms with Gasteiger partial charge in [-0.1, -0.05) is 41.4 Å². The zero-order chi connectivity index (χ0) is 25.5. The standard InChI is InChI=1S/C28H36Cl2N4O2/c1-22(35)33-14-10-24(11-15-33)28(36)34(27-5-2-4-26(30)20-27)13-3-12-31-16-18-32(19-17-31)21-23-6-8-25(29)9-7-23/h2,4-9,20,24H,3,10-19,21H2,1H3. The molecule has 2 saturated heterocycles. The number of benzene rings is 2. The summed E-state index contributed by atoms with van der Waals surface area (Å²) in [5.41, 5.74) is 2.15. The molecule has 0 unspecified atom stereocenters. The van der Waals surface area contributed by atoms with Crippen LogP contribution in [0.5, 0.6) is 0 Å². The molecule has 2 aromatic carbocycles. The van der Waals surface area contributed by atoms with Crippen molar-refractivity contribution in [1.29, 1.82) is 0 Å². The molecule has 2 aliphatic heterocycles. The molecule has 4 rings (SSSR count). The summed E-state index contributed by atoms with van der Waals surface area (Å²) in [5, 5.41) is 1.41. The molecule has 0 atom stereocenters. The number of hydrogen-bond donors (Lipinski definition) is 0. The molecule has 0 N–H and O–H groups in total. The van der Waals surface area contributed by atoms with E-state index in [1.54, 1.807) is 6.92 Å². The predicted molar refractivity (Wildman–Crippen MR) is 147 cm³/mol. The van der Waals surface area contributed by atoms with Crippen LogP contribution in [-0.4, -0.2) is 78.9 Å². The Bertz CT molecular complexity index is 1020. The van der Waals surface area contributed by atoms with Crippen LogP contribution in [0.15, 0.2) is 48.5 Å². The van der Waals surface area contributed by atoms with Gasteiger partial charge in [0.25, 0.3) is 0 Å². The van der Waals surface area contributed by atoms with E-state index in [-0.39, 0.29) is 17.7 Å². The Morgan fingerprint density at radius 1 is 0.889 bits per heavy atom. The van der Waals surface area contributed by atoms with Crippen LogP contribution in [0.1, 0.15) is 31.7 Å². The highest BCUT2D eigenvalue weighted by molar-refractivity contribution is 6.31. The topological polar surface area (TPSA) is 47.1 Å². The second kappa shape index (κ2) is 12.9. The predicted octanol–water partition coefficient (Wildman–Crippen LogP) is 4.79. The number of anilines is 1. The van der Waals surface area contributed by atoms with Crippen LogP contribution in [0.4, 0.5) is 5.69 Å². The molecular formula is C28H36Cl2N4O2. The highest BCUT2D eigenvalue weighted by atomic mass is 35.5. The number of carbonyl (C=O) groups is 2. The van der Waals surface area contributed by atoms with Crippen LogP contribution in [0.3, 0.4) is 0 Å². The molecule has 0 bridgehead atoms. The van der Waals surface area contributed by atoms with Crippen molar-refractivity contribution in [1.82, 2.24) is 14.7 Å². The molecule has 2 heterocycles. The Balaban J connectivity index is 1.28. The first-order valence-corrected chi connectivity index (χ1v) is 13.7. The molecule has 36 heavy (non-hydrogen) atoms. The zero-order valence-electron chi connectivity index (χ0n) is 21.0. The maximum absolute atomic E-state index is 13.6. The minimum atomic E-state index is -0.0593. The summed E-state index contributed by atoms with van der Waals surface area (Å²) in [6.45, 7) is 9.60. The lowest BCUT2D eigenvalue weighted by molar-refractivity contribution is -0.133. The van der Waals surface area contributed by atoms with Gasteiger partial charge >= 0.3 is 0 Å². The largest absolute Gasteiger partial charge is 0.343 e. The van der Waals surface area contributed by atoms with Gasteiger partial charge in [0.2, 0.25) is 11.8 Å². The van der Waals surface area contributed by atoms with E-state index in [9.17, 15) is 9.59 Å². The molecule has 6 nitrogen and oxygen atoms in total. The number of piperidine rings is 1. The molecule has 2 aromatic rings. The van der Waals surface area contributed by atoms with E-state index in [1.165, 1.54) is 5.56 Å². The number of halogens is 2. The number of nitrogens with zero attached hydrogens (tertiary/aromatic N) is 4. The summed E-state index contributed by atoms with van der Waals surface area (Å²) < 4.78 is 0. The van der Waals surface area contributed by atoms with E-state index >= 15 is 0 Å². The molecule has 0 radical (unpaired) electrons. The average molecular weight is 532 g/mol. The lowest BCUT2D eigenvalue weighted by Gasteiger charge is -2.36. The molecule has 0 aromatic heterocycles.